The summed E-state index contributed by atoms with van der Waals surface area (Å²) in [6.45, 7) is 4.52. The molecule has 0 aromatic heterocycles. The number of nitrogens with zero attached hydrogens (tertiary/aromatic N) is 2. The second-order valence-corrected chi connectivity index (χ2v) is 6.54. The Morgan fingerprint density at radius 2 is 1.85 bits per heavy atom. The largest absolute Gasteiger partial charge is 0.465 e. The van der Waals surface area contributed by atoms with Gasteiger partial charge in [-0.1, -0.05) is 0 Å². The maximum Gasteiger partial charge on any atom is 0.407 e. The van der Waals surface area contributed by atoms with Gasteiger partial charge in [0.1, 0.15) is 0 Å². The van der Waals surface area contributed by atoms with Crippen molar-refractivity contribution >= 4 is 6.09 Å². The molecule has 1 saturated carbocycles. The maximum absolute atomic E-state index is 10.9. The van der Waals surface area contributed by atoms with Gasteiger partial charge in [-0.2, -0.15) is 0 Å². The van der Waals surface area contributed by atoms with Crippen LogP contribution in [0.1, 0.15) is 38.5 Å². The highest BCUT2D eigenvalue weighted by molar-refractivity contribution is 5.65. The van der Waals surface area contributed by atoms with Gasteiger partial charge < -0.3 is 14.7 Å². The van der Waals surface area contributed by atoms with Gasteiger partial charge in [0.2, 0.25) is 0 Å². The first-order valence-electron chi connectivity index (χ1n) is 8.06. The summed E-state index contributed by atoms with van der Waals surface area (Å²) in [5.41, 5.74) is 0. The molecule has 0 aromatic rings. The lowest BCUT2D eigenvalue weighted by molar-refractivity contribution is -0.0245. The van der Waals surface area contributed by atoms with Crippen LogP contribution in [0.4, 0.5) is 4.79 Å². The molecule has 0 aromatic carbocycles. The minimum Gasteiger partial charge on any atom is -0.465 e. The zero-order valence-corrected chi connectivity index (χ0v) is 12.2. The number of ether oxygens (including phenoxy) is 1. The number of amides is 1. The van der Waals surface area contributed by atoms with Gasteiger partial charge in [-0.25, -0.2) is 4.79 Å². The van der Waals surface area contributed by atoms with Gasteiger partial charge in [-0.05, 0) is 51.0 Å². The van der Waals surface area contributed by atoms with Crippen molar-refractivity contribution in [2.24, 2.45) is 5.92 Å². The highest BCUT2D eigenvalue weighted by atomic mass is 16.5. The summed E-state index contributed by atoms with van der Waals surface area (Å²) >= 11 is 0. The van der Waals surface area contributed by atoms with E-state index in [2.05, 4.69) is 4.90 Å². The summed E-state index contributed by atoms with van der Waals surface area (Å²) in [7, 11) is 0. The molecule has 2 saturated heterocycles. The van der Waals surface area contributed by atoms with Crippen LogP contribution in [0, 0.1) is 5.92 Å². The van der Waals surface area contributed by atoms with Crippen LogP contribution in [-0.4, -0.2) is 65.9 Å². The molecule has 3 rings (SSSR count). The van der Waals surface area contributed by atoms with E-state index in [1.807, 2.05) is 0 Å². The number of piperidine rings is 2. The highest BCUT2D eigenvalue weighted by Crippen LogP contribution is 2.30. The summed E-state index contributed by atoms with van der Waals surface area (Å²) in [5, 5.41) is 9.00. The lowest BCUT2D eigenvalue weighted by Gasteiger charge is -2.41. The standard InChI is InChI=1S/C15H26N2O3/c18-15(19)16-8-5-13(6-9-16)17-7-1-2-14(10-17)20-11-12-3-4-12/h12-14H,1-11H2,(H,18,19)/t14-/m1/s1. The van der Waals surface area contributed by atoms with E-state index in [0.717, 1.165) is 38.5 Å². The minimum atomic E-state index is -0.771. The van der Waals surface area contributed by atoms with Crippen molar-refractivity contribution < 1.29 is 14.6 Å². The van der Waals surface area contributed by atoms with Gasteiger partial charge in [0, 0.05) is 32.3 Å². The third kappa shape index (κ3) is 3.64. The smallest absolute Gasteiger partial charge is 0.407 e. The fraction of sp³-hybridized carbons (Fsp3) is 0.933. The molecule has 5 nitrogen and oxygen atoms in total. The molecule has 114 valence electrons. The van der Waals surface area contributed by atoms with Crippen molar-refractivity contribution in [1.29, 1.82) is 0 Å². The third-order valence-electron chi connectivity index (χ3n) is 4.93. The number of rotatable bonds is 4. The van der Waals surface area contributed by atoms with Gasteiger partial charge >= 0.3 is 6.09 Å². The molecule has 2 aliphatic heterocycles. The van der Waals surface area contributed by atoms with Gasteiger partial charge in [0.05, 0.1) is 6.10 Å². The lowest BCUT2D eigenvalue weighted by atomic mass is 9.99. The Labute approximate surface area is 120 Å². The fourth-order valence-corrected chi connectivity index (χ4v) is 3.41. The molecular weight excluding hydrogens is 256 g/mol. The average molecular weight is 282 g/mol. The fourth-order valence-electron chi connectivity index (χ4n) is 3.41. The van der Waals surface area contributed by atoms with Crippen molar-refractivity contribution in [1.82, 2.24) is 9.80 Å². The second-order valence-electron chi connectivity index (χ2n) is 6.54. The molecule has 1 N–H and O–H groups in total. The molecule has 0 unspecified atom stereocenters. The Balaban J connectivity index is 1.43. The normalized spacial score (nSPS) is 29.6. The summed E-state index contributed by atoms with van der Waals surface area (Å²) < 4.78 is 6.04. The third-order valence-corrected chi connectivity index (χ3v) is 4.93. The molecular formula is C15H26N2O3. The Hall–Kier alpha value is -0.810. The molecule has 1 atom stereocenters. The Morgan fingerprint density at radius 3 is 2.50 bits per heavy atom. The zero-order chi connectivity index (χ0) is 13.9. The minimum absolute atomic E-state index is 0.404. The number of hydrogen-bond donors (Lipinski definition) is 1. The first kappa shape index (κ1) is 14.1. The second kappa shape index (κ2) is 6.31. The van der Waals surface area contributed by atoms with Crippen LogP contribution in [0.15, 0.2) is 0 Å². The molecule has 1 amide bonds. The van der Waals surface area contributed by atoms with E-state index in [4.69, 9.17) is 9.84 Å². The van der Waals surface area contributed by atoms with Gasteiger partial charge in [-0.3, -0.25) is 4.90 Å². The van der Waals surface area contributed by atoms with Crippen LogP contribution >= 0.6 is 0 Å². The Kier molecular flexibility index (Phi) is 4.46. The van der Waals surface area contributed by atoms with Crippen molar-refractivity contribution in [3.63, 3.8) is 0 Å². The number of carbonyl (C=O) groups is 1. The molecule has 0 spiro atoms. The van der Waals surface area contributed by atoms with Crippen molar-refractivity contribution in [2.75, 3.05) is 32.8 Å². The first-order chi connectivity index (χ1) is 9.72. The van der Waals surface area contributed by atoms with Crippen LogP contribution in [0.5, 0.6) is 0 Å². The van der Waals surface area contributed by atoms with E-state index in [1.54, 1.807) is 4.90 Å². The molecule has 3 fully saturated rings. The lowest BCUT2D eigenvalue weighted by Crippen LogP contribution is -2.50. The van der Waals surface area contributed by atoms with Gasteiger partial charge in [0.15, 0.2) is 0 Å². The topological polar surface area (TPSA) is 53.0 Å². The van der Waals surface area contributed by atoms with Crippen LogP contribution in [0.25, 0.3) is 0 Å². The molecule has 20 heavy (non-hydrogen) atoms. The number of hydrogen-bond acceptors (Lipinski definition) is 3. The van der Waals surface area contributed by atoms with Gasteiger partial charge in [0.25, 0.3) is 0 Å². The number of carboxylic acid groups (broad SMARTS) is 1. The monoisotopic (exact) mass is 282 g/mol. The quantitative estimate of drug-likeness (QED) is 0.857. The Morgan fingerprint density at radius 1 is 1.10 bits per heavy atom. The van der Waals surface area contributed by atoms with E-state index < -0.39 is 6.09 Å². The maximum atomic E-state index is 10.9. The number of likely N-dealkylation sites (tertiary alicyclic amines) is 2. The predicted octanol–water partition coefficient (Wildman–Crippen LogP) is 2.02. The zero-order valence-electron chi connectivity index (χ0n) is 12.2. The van der Waals surface area contributed by atoms with E-state index in [1.165, 1.54) is 25.7 Å². The SMILES string of the molecule is O=C(O)N1CCC(N2CCC[C@@H](OCC3CC3)C2)CC1. The van der Waals surface area contributed by atoms with E-state index in [9.17, 15) is 4.79 Å². The van der Waals surface area contributed by atoms with Crippen molar-refractivity contribution in [3.05, 3.63) is 0 Å². The molecule has 2 heterocycles. The highest BCUT2D eigenvalue weighted by Gasteiger charge is 2.31. The summed E-state index contributed by atoms with van der Waals surface area (Å²) in [5.74, 6) is 0.837. The molecule has 0 bridgehead atoms. The van der Waals surface area contributed by atoms with Crippen molar-refractivity contribution in [3.8, 4) is 0 Å². The van der Waals surface area contributed by atoms with Crippen LogP contribution in [0.3, 0.4) is 0 Å². The van der Waals surface area contributed by atoms with Crippen LogP contribution < -0.4 is 0 Å². The average Bonchev–Trinajstić information content (AvgIpc) is 3.30. The molecule has 1 aliphatic carbocycles. The van der Waals surface area contributed by atoms with Crippen LogP contribution in [-0.2, 0) is 4.74 Å². The van der Waals surface area contributed by atoms with E-state index in [0.29, 0.717) is 25.2 Å². The van der Waals surface area contributed by atoms with E-state index >= 15 is 0 Å². The Bertz CT molecular complexity index is 338. The first-order valence-corrected chi connectivity index (χ1v) is 8.06. The summed E-state index contributed by atoms with van der Waals surface area (Å²) in [6, 6.07) is 0.554. The molecule has 3 aliphatic rings. The van der Waals surface area contributed by atoms with Gasteiger partial charge in [-0.15, -0.1) is 0 Å². The van der Waals surface area contributed by atoms with Crippen LogP contribution in [0.2, 0.25) is 0 Å². The summed E-state index contributed by atoms with van der Waals surface area (Å²) in [4.78, 5) is 15.0. The van der Waals surface area contributed by atoms with Crippen molar-refractivity contribution in [2.45, 2.75) is 50.7 Å². The molecule has 0 radical (unpaired) electrons. The predicted molar refractivity (Wildman–Crippen MR) is 75.9 cm³/mol. The van der Waals surface area contributed by atoms with E-state index in [-0.39, 0.29) is 0 Å². The summed E-state index contributed by atoms with van der Waals surface area (Å²) in [6.07, 6.45) is 6.69. The molecule has 5 heteroatoms.